The van der Waals surface area contributed by atoms with E-state index in [0.717, 1.165) is 0 Å². The predicted octanol–water partition coefficient (Wildman–Crippen LogP) is 3.48. The molecule has 1 aliphatic rings. The number of halogens is 1. The van der Waals surface area contributed by atoms with E-state index in [1.165, 1.54) is 13.2 Å². The molecule has 0 bridgehead atoms. The van der Waals surface area contributed by atoms with Gasteiger partial charge in [0.15, 0.2) is 11.6 Å². The van der Waals surface area contributed by atoms with Crippen LogP contribution in [0.3, 0.4) is 0 Å². The Morgan fingerprint density at radius 2 is 2.07 bits per heavy atom. The van der Waals surface area contributed by atoms with E-state index < -0.39 is 11.9 Å². The molecule has 1 saturated carbocycles. The smallest absolute Gasteiger partial charge is 0.251 e. The molecular formula is C21H24FNO4. The lowest BCUT2D eigenvalue weighted by Gasteiger charge is -2.38. The van der Waals surface area contributed by atoms with Crippen molar-refractivity contribution < 1.29 is 23.8 Å². The number of aliphatic hydroxyl groups excluding tert-OH is 1. The monoisotopic (exact) mass is 373 g/mol. The highest BCUT2D eigenvalue weighted by Crippen LogP contribution is 2.39. The number of hydrogen-bond donors (Lipinski definition) is 2. The zero-order chi connectivity index (χ0) is 19.4. The number of benzene rings is 2. The minimum atomic E-state index is -0.479. The molecule has 2 N–H and O–H groups in total. The predicted molar refractivity (Wildman–Crippen MR) is 99.5 cm³/mol. The molecule has 0 spiro atoms. The van der Waals surface area contributed by atoms with Crippen molar-refractivity contribution in [1.29, 1.82) is 0 Å². The first-order valence-corrected chi connectivity index (χ1v) is 9.07. The molecule has 5 nitrogen and oxygen atoms in total. The van der Waals surface area contributed by atoms with Crippen molar-refractivity contribution in [2.45, 2.75) is 31.9 Å². The van der Waals surface area contributed by atoms with Crippen molar-refractivity contribution >= 4 is 5.91 Å². The van der Waals surface area contributed by atoms with Crippen molar-refractivity contribution in [2.75, 3.05) is 13.7 Å². The lowest BCUT2D eigenvalue weighted by molar-refractivity contribution is 0.0234. The van der Waals surface area contributed by atoms with Crippen LogP contribution in [0.15, 0.2) is 42.5 Å². The molecule has 0 saturated heterocycles. The fourth-order valence-electron chi connectivity index (χ4n) is 3.37. The van der Waals surface area contributed by atoms with E-state index >= 15 is 0 Å². The Balaban J connectivity index is 1.82. The Hall–Kier alpha value is -2.60. The van der Waals surface area contributed by atoms with E-state index in [1.54, 1.807) is 36.4 Å². The standard InChI is InChI=1S/C21H24FNO4/c1-3-27-17-6-4-5-14(11-17)21(25)23-20(15-9-16(24)10-15)13-7-8-19(26-2)18(22)12-13/h4-8,11-12,15-16,20,24H,3,9-10H2,1-2H3,(H,23,25). The van der Waals surface area contributed by atoms with Crippen LogP contribution in [0.2, 0.25) is 0 Å². The van der Waals surface area contributed by atoms with Crippen LogP contribution in [-0.4, -0.2) is 30.8 Å². The van der Waals surface area contributed by atoms with Gasteiger partial charge in [-0.15, -0.1) is 0 Å². The fraction of sp³-hybridized carbons (Fsp3) is 0.381. The van der Waals surface area contributed by atoms with Crippen LogP contribution in [0.1, 0.15) is 41.7 Å². The molecule has 1 atom stereocenters. The van der Waals surface area contributed by atoms with Gasteiger partial charge in [0, 0.05) is 5.56 Å². The Morgan fingerprint density at radius 3 is 2.70 bits per heavy atom. The topological polar surface area (TPSA) is 67.8 Å². The molecular weight excluding hydrogens is 349 g/mol. The summed E-state index contributed by atoms with van der Waals surface area (Å²) in [4.78, 5) is 12.8. The van der Waals surface area contributed by atoms with Crippen molar-refractivity contribution in [3.63, 3.8) is 0 Å². The van der Waals surface area contributed by atoms with Crippen LogP contribution in [0.4, 0.5) is 4.39 Å². The van der Waals surface area contributed by atoms with Crippen molar-refractivity contribution in [3.05, 3.63) is 59.4 Å². The number of rotatable bonds is 7. The first-order valence-electron chi connectivity index (χ1n) is 9.07. The van der Waals surface area contributed by atoms with Gasteiger partial charge in [0.05, 0.1) is 25.9 Å². The highest BCUT2D eigenvalue weighted by Gasteiger charge is 2.36. The summed E-state index contributed by atoms with van der Waals surface area (Å²) in [5, 5.41) is 12.7. The van der Waals surface area contributed by atoms with E-state index in [-0.39, 0.29) is 23.7 Å². The normalized spacial score (nSPS) is 19.7. The number of methoxy groups -OCH3 is 1. The summed E-state index contributed by atoms with van der Waals surface area (Å²) in [6, 6.07) is 11.2. The Bertz CT molecular complexity index is 805. The highest BCUT2D eigenvalue weighted by molar-refractivity contribution is 5.94. The van der Waals surface area contributed by atoms with Crippen molar-refractivity contribution in [3.8, 4) is 11.5 Å². The summed E-state index contributed by atoms with van der Waals surface area (Å²) in [6.45, 7) is 2.39. The molecule has 1 unspecified atom stereocenters. The summed E-state index contributed by atoms with van der Waals surface area (Å²) in [5.41, 5.74) is 1.12. The quantitative estimate of drug-likeness (QED) is 0.780. The second-order valence-corrected chi connectivity index (χ2v) is 6.69. The number of ether oxygens (including phenoxy) is 2. The van der Waals surface area contributed by atoms with Crippen molar-refractivity contribution in [2.24, 2.45) is 5.92 Å². The van der Waals surface area contributed by atoms with Gasteiger partial charge in [-0.05, 0) is 61.6 Å². The largest absolute Gasteiger partial charge is 0.494 e. The number of amides is 1. The van der Waals surface area contributed by atoms with Gasteiger partial charge < -0.3 is 19.9 Å². The van der Waals surface area contributed by atoms with Crippen LogP contribution in [0.5, 0.6) is 11.5 Å². The Kier molecular flexibility index (Phi) is 5.96. The maximum atomic E-state index is 14.2. The van der Waals surface area contributed by atoms with Gasteiger partial charge in [-0.3, -0.25) is 4.79 Å². The fourth-order valence-corrected chi connectivity index (χ4v) is 3.37. The average molecular weight is 373 g/mol. The molecule has 144 valence electrons. The number of nitrogens with one attached hydrogen (secondary N) is 1. The van der Waals surface area contributed by atoms with Crippen molar-refractivity contribution in [1.82, 2.24) is 5.32 Å². The first-order chi connectivity index (χ1) is 13.0. The van der Waals surface area contributed by atoms with Crippen LogP contribution >= 0.6 is 0 Å². The van der Waals surface area contributed by atoms with E-state index in [4.69, 9.17) is 9.47 Å². The van der Waals surface area contributed by atoms with E-state index in [1.807, 2.05) is 6.92 Å². The van der Waals surface area contributed by atoms with Gasteiger partial charge >= 0.3 is 0 Å². The molecule has 1 amide bonds. The van der Waals surface area contributed by atoms with Gasteiger partial charge in [0.25, 0.3) is 5.91 Å². The molecule has 1 fully saturated rings. The second-order valence-electron chi connectivity index (χ2n) is 6.69. The summed E-state index contributed by atoms with van der Waals surface area (Å²) in [7, 11) is 1.41. The maximum absolute atomic E-state index is 14.2. The summed E-state index contributed by atoms with van der Waals surface area (Å²) in [6.07, 6.45) is 0.758. The molecule has 2 aromatic carbocycles. The lowest BCUT2D eigenvalue weighted by Crippen LogP contribution is -2.41. The number of carbonyl (C=O) groups is 1. The number of hydrogen-bond acceptors (Lipinski definition) is 4. The second kappa shape index (κ2) is 8.39. The zero-order valence-electron chi connectivity index (χ0n) is 15.4. The first kappa shape index (κ1) is 19.2. The van der Waals surface area contributed by atoms with Gasteiger partial charge in [-0.2, -0.15) is 0 Å². The third-order valence-electron chi connectivity index (χ3n) is 4.85. The average Bonchev–Trinajstić information content (AvgIpc) is 2.64. The van der Waals surface area contributed by atoms with Crippen LogP contribution in [-0.2, 0) is 0 Å². The SMILES string of the molecule is CCOc1cccc(C(=O)NC(c2ccc(OC)c(F)c2)C2CC(O)C2)c1. The lowest BCUT2D eigenvalue weighted by atomic mass is 9.75. The molecule has 0 aliphatic heterocycles. The summed E-state index contributed by atoms with van der Waals surface area (Å²) >= 11 is 0. The van der Waals surface area contributed by atoms with E-state index in [9.17, 15) is 14.3 Å². The molecule has 0 aromatic heterocycles. The summed E-state index contributed by atoms with van der Waals surface area (Å²) < 4.78 is 24.6. The molecule has 2 aromatic rings. The number of carbonyl (C=O) groups excluding carboxylic acids is 1. The minimum absolute atomic E-state index is 0.0480. The van der Waals surface area contributed by atoms with E-state index in [0.29, 0.717) is 36.3 Å². The minimum Gasteiger partial charge on any atom is -0.494 e. The maximum Gasteiger partial charge on any atom is 0.251 e. The third-order valence-corrected chi connectivity index (χ3v) is 4.85. The Morgan fingerprint density at radius 1 is 1.30 bits per heavy atom. The van der Waals surface area contributed by atoms with Gasteiger partial charge in [-0.25, -0.2) is 4.39 Å². The van der Waals surface area contributed by atoms with Gasteiger partial charge in [0.2, 0.25) is 0 Å². The molecule has 0 heterocycles. The Labute approximate surface area is 158 Å². The third kappa shape index (κ3) is 4.39. The highest BCUT2D eigenvalue weighted by atomic mass is 19.1. The molecule has 1 aliphatic carbocycles. The van der Waals surface area contributed by atoms with Gasteiger partial charge in [0.1, 0.15) is 5.75 Å². The molecule has 0 radical (unpaired) electrons. The molecule has 27 heavy (non-hydrogen) atoms. The molecule has 6 heteroatoms. The van der Waals surface area contributed by atoms with Crippen LogP contribution in [0, 0.1) is 11.7 Å². The van der Waals surface area contributed by atoms with Gasteiger partial charge in [-0.1, -0.05) is 12.1 Å². The number of aliphatic hydroxyl groups is 1. The van der Waals surface area contributed by atoms with Crippen LogP contribution in [0.25, 0.3) is 0 Å². The van der Waals surface area contributed by atoms with E-state index in [2.05, 4.69) is 5.32 Å². The molecule has 3 rings (SSSR count). The van der Waals surface area contributed by atoms with Crippen LogP contribution < -0.4 is 14.8 Å². The summed E-state index contributed by atoms with van der Waals surface area (Å²) in [5.74, 6) is 0.0802. The zero-order valence-corrected chi connectivity index (χ0v) is 15.4.